The number of rotatable bonds is 2. The van der Waals surface area contributed by atoms with Crippen LogP contribution in [0, 0.1) is 11.3 Å². The number of hydrogen-bond donors (Lipinski definition) is 1. The first-order valence-electron chi connectivity index (χ1n) is 2.43. The van der Waals surface area contributed by atoms with E-state index in [4.69, 9.17) is 10.4 Å². The molecule has 52 valence electrons. The zero-order valence-electron chi connectivity index (χ0n) is 5.29. The summed E-state index contributed by atoms with van der Waals surface area (Å²) in [5.41, 5.74) is -0.484. The Balaban J connectivity index is 4.64. The van der Waals surface area contributed by atoms with Crippen molar-refractivity contribution in [3.05, 3.63) is 11.6 Å². The van der Waals surface area contributed by atoms with Crippen LogP contribution < -0.4 is 0 Å². The van der Waals surface area contributed by atoms with Gasteiger partial charge in [0.05, 0.1) is 6.07 Å². The summed E-state index contributed by atoms with van der Waals surface area (Å²) in [5, 5.41) is 16.2. The molecule has 0 radical (unpaired) electrons. The summed E-state index contributed by atoms with van der Waals surface area (Å²) >= 11 is 0. The van der Waals surface area contributed by atoms with Crippen LogP contribution >= 0.6 is 0 Å². The summed E-state index contributed by atoms with van der Waals surface area (Å²) in [4.78, 5) is 20.5. The molecule has 0 aromatic rings. The molecule has 0 bridgehead atoms. The van der Waals surface area contributed by atoms with Crippen molar-refractivity contribution in [2.45, 2.75) is 6.92 Å². The number of ketones is 1. The third kappa shape index (κ3) is 2.09. The molecule has 4 nitrogen and oxygen atoms in total. The van der Waals surface area contributed by atoms with E-state index in [1.807, 2.05) is 0 Å². The predicted molar refractivity (Wildman–Crippen MR) is 32.0 cm³/mol. The minimum atomic E-state index is -1.37. The van der Waals surface area contributed by atoms with E-state index in [1.54, 1.807) is 0 Å². The second-order valence-electron chi connectivity index (χ2n) is 1.55. The maximum absolute atomic E-state index is 10.4. The molecular formula is C6H5NO3. The van der Waals surface area contributed by atoms with Crippen LogP contribution in [0.4, 0.5) is 0 Å². The highest BCUT2D eigenvalue weighted by atomic mass is 16.4. The van der Waals surface area contributed by atoms with E-state index in [9.17, 15) is 9.59 Å². The van der Waals surface area contributed by atoms with E-state index in [1.165, 1.54) is 6.07 Å². The van der Waals surface area contributed by atoms with E-state index in [2.05, 4.69) is 0 Å². The first-order chi connectivity index (χ1) is 4.59. The molecule has 0 aliphatic heterocycles. The Hall–Kier alpha value is -1.63. The normalized spacial score (nSPS) is 10.2. The minimum Gasteiger partial charge on any atom is -0.478 e. The van der Waals surface area contributed by atoms with Crippen molar-refractivity contribution < 1.29 is 14.7 Å². The monoisotopic (exact) mass is 139 g/mol. The Morgan fingerprint density at radius 1 is 1.60 bits per heavy atom. The molecular weight excluding hydrogens is 134 g/mol. The molecule has 10 heavy (non-hydrogen) atoms. The van der Waals surface area contributed by atoms with Gasteiger partial charge in [0.2, 0.25) is 0 Å². The lowest BCUT2D eigenvalue weighted by molar-refractivity contribution is -0.134. The number of carbonyl (C=O) groups is 2. The summed E-state index contributed by atoms with van der Waals surface area (Å²) in [6.07, 6.45) is 0.713. The van der Waals surface area contributed by atoms with E-state index in [0.717, 1.165) is 6.92 Å². The van der Waals surface area contributed by atoms with Gasteiger partial charge < -0.3 is 5.11 Å². The van der Waals surface area contributed by atoms with Crippen LogP contribution in [0.15, 0.2) is 11.6 Å². The van der Waals surface area contributed by atoms with Crippen LogP contribution in [0.5, 0.6) is 0 Å². The van der Waals surface area contributed by atoms with E-state index < -0.39 is 17.3 Å². The predicted octanol–water partition coefficient (Wildman–Crippen LogP) is 0.110. The zero-order valence-corrected chi connectivity index (χ0v) is 5.29. The molecule has 0 unspecified atom stereocenters. The Morgan fingerprint density at radius 3 is 2.20 bits per heavy atom. The van der Waals surface area contributed by atoms with Crippen LogP contribution in [-0.4, -0.2) is 16.9 Å². The quantitative estimate of drug-likeness (QED) is 0.255. The Morgan fingerprint density at radius 2 is 2.10 bits per heavy atom. The third-order valence-electron chi connectivity index (χ3n) is 0.819. The molecule has 0 saturated carbocycles. The summed E-state index contributed by atoms with van der Waals surface area (Å²) in [5.74, 6) is -1.98. The first kappa shape index (κ1) is 8.37. The molecule has 0 heterocycles. The zero-order chi connectivity index (χ0) is 8.15. The number of carbonyl (C=O) groups excluding carboxylic acids is 1. The van der Waals surface area contributed by atoms with Gasteiger partial charge in [0.25, 0.3) is 0 Å². The fourth-order valence-electron chi connectivity index (χ4n) is 0.379. The molecule has 0 rings (SSSR count). The smallest absolute Gasteiger partial charge is 0.340 e. The molecule has 0 amide bonds. The molecule has 1 N–H and O–H groups in total. The summed E-state index contributed by atoms with van der Waals surface area (Å²) < 4.78 is 0. The van der Waals surface area contributed by atoms with Crippen molar-refractivity contribution in [1.29, 1.82) is 5.26 Å². The Bertz CT molecular complexity index is 218. The molecule has 0 atom stereocenters. The standard InChI is InChI=1S/C6H5NO3/c1-4(8)5(2-3-7)6(9)10/h2H,1H3,(H,9,10). The average molecular weight is 139 g/mol. The van der Waals surface area contributed by atoms with Crippen molar-refractivity contribution in [3.63, 3.8) is 0 Å². The molecule has 0 spiro atoms. The number of hydrogen-bond acceptors (Lipinski definition) is 3. The van der Waals surface area contributed by atoms with Gasteiger partial charge in [-0.05, 0) is 6.92 Å². The second-order valence-corrected chi connectivity index (χ2v) is 1.55. The number of allylic oxidation sites excluding steroid dienone is 1. The van der Waals surface area contributed by atoms with Gasteiger partial charge in [-0.3, -0.25) is 4.79 Å². The number of nitrogens with zero attached hydrogens (tertiary/aromatic N) is 1. The first-order valence-corrected chi connectivity index (χ1v) is 2.43. The minimum absolute atomic E-state index is 0.484. The molecule has 4 heteroatoms. The van der Waals surface area contributed by atoms with E-state index >= 15 is 0 Å². The number of carboxylic acids is 1. The molecule has 0 aliphatic rings. The van der Waals surface area contributed by atoms with Gasteiger partial charge in [0.1, 0.15) is 5.57 Å². The van der Waals surface area contributed by atoms with Gasteiger partial charge in [-0.1, -0.05) is 0 Å². The van der Waals surface area contributed by atoms with Crippen LogP contribution in [0.2, 0.25) is 0 Å². The van der Waals surface area contributed by atoms with Gasteiger partial charge >= 0.3 is 5.97 Å². The van der Waals surface area contributed by atoms with Crippen molar-refractivity contribution in [2.24, 2.45) is 0 Å². The van der Waals surface area contributed by atoms with Crippen molar-refractivity contribution in [3.8, 4) is 6.07 Å². The maximum Gasteiger partial charge on any atom is 0.340 e. The van der Waals surface area contributed by atoms with Crippen LogP contribution in [-0.2, 0) is 9.59 Å². The lowest BCUT2D eigenvalue weighted by Crippen LogP contribution is -2.08. The molecule has 0 aliphatic carbocycles. The maximum atomic E-state index is 10.4. The number of aliphatic carboxylic acids is 1. The SMILES string of the molecule is CC(=O)C(=CC#N)C(=O)O. The van der Waals surface area contributed by atoms with Gasteiger partial charge in [0, 0.05) is 6.08 Å². The number of carboxylic acid groups (broad SMARTS) is 1. The van der Waals surface area contributed by atoms with Gasteiger partial charge in [0.15, 0.2) is 5.78 Å². The largest absolute Gasteiger partial charge is 0.478 e. The Kier molecular flexibility index (Phi) is 2.85. The van der Waals surface area contributed by atoms with E-state index in [0.29, 0.717) is 6.08 Å². The summed E-state index contributed by atoms with van der Waals surface area (Å²) in [7, 11) is 0. The van der Waals surface area contributed by atoms with Gasteiger partial charge in [-0.2, -0.15) is 5.26 Å². The third-order valence-corrected chi connectivity index (χ3v) is 0.819. The fraction of sp³-hybridized carbons (Fsp3) is 0.167. The lowest BCUT2D eigenvalue weighted by Gasteiger charge is -1.89. The van der Waals surface area contributed by atoms with Gasteiger partial charge in [-0.15, -0.1) is 0 Å². The summed E-state index contributed by atoms with van der Waals surface area (Å²) in [6.45, 7) is 1.09. The van der Waals surface area contributed by atoms with Crippen LogP contribution in [0.3, 0.4) is 0 Å². The average Bonchev–Trinajstić information content (AvgIpc) is 1.81. The highest BCUT2D eigenvalue weighted by Crippen LogP contribution is 1.94. The van der Waals surface area contributed by atoms with Gasteiger partial charge in [-0.25, -0.2) is 4.79 Å². The van der Waals surface area contributed by atoms with Crippen molar-refractivity contribution >= 4 is 11.8 Å². The topological polar surface area (TPSA) is 78.2 Å². The lowest BCUT2D eigenvalue weighted by atomic mass is 10.2. The van der Waals surface area contributed by atoms with Crippen LogP contribution in [0.25, 0.3) is 0 Å². The van der Waals surface area contributed by atoms with Crippen molar-refractivity contribution in [2.75, 3.05) is 0 Å². The second kappa shape index (κ2) is 3.41. The highest BCUT2D eigenvalue weighted by molar-refractivity contribution is 6.15. The summed E-state index contributed by atoms with van der Waals surface area (Å²) in [6, 6.07) is 1.47. The molecule has 0 saturated heterocycles. The Labute approximate surface area is 57.4 Å². The number of Topliss-reactive ketones (excluding diaryl/α,β-unsaturated/α-hetero) is 1. The molecule has 0 aromatic carbocycles. The fourth-order valence-corrected chi connectivity index (χ4v) is 0.379. The molecule has 0 fully saturated rings. The van der Waals surface area contributed by atoms with Crippen molar-refractivity contribution in [1.82, 2.24) is 0 Å². The number of nitriles is 1. The van der Waals surface area contributed by atoms with Crippen LogP contribution in [0.1, 0.15) is 6.92 Å². The molecule has 0 aromatic heterocycles. The van der Waals surface area contributed by atoms with E-state index in [-0.39, 0.29) is 0 Å². The highest BCUT2D eigenvalue weighted by Gasteiger charge is 2.11.